The van der Waals surface area contributed by atoms with E-state index in [2.05, 4.69) is 15.9 Å². The lowest BCUT2D eigenvalue weighted by molar-refractivity contribution is -0.386. The molecule has 0 unspecified atom stereocenters. The molecule has 0 saturated carbocycles. The normalized spacial score (nSPS) is 18.0. The van der Waals surface area contributed by atoms with Crippen molar-refractivity contribution in [3.63, 3.8) is 0 Å². The molecule has 0 fully saturated rings. The van der Waals surface area contributed by atoms with Crippen molar-refractivity contribution < 1.29 is 9.66 Å². The summed E-state index contributed by atoms with van der Waals surface area (Å²) < 4.78 is 5.95. The molecule has 0 amide bonds. The number of nitrogens with two attached hydrogens (primary N) is 1. The van der Waals surface area contributed by atoms with Gasteiger partial charge in [0.2, 0.25) is 5.75 Å². The highest BCUT2D eigenvalue weighted by Gasteiger charge is 2.27. The number of ether oxygens (including phenoxy) is 1. The highest BCUT2D eigenvalue weighted by atomic mass is 79.9. The van der Waals surface area contributed by atoms with Crippen molar-refractivity contribution in [3.8, 4) is 5.75 Å². The molecule has 0 aromatic heterocycles. The largest absolute Gasteiger partial charge is 0.487 e. The molecule has 1 aromatic rings. The Labute approximate surface area is 107 Å². The van der Waals surface area contributed by atoms with Crippen LogP contribution in [-0.2, 0) is 0 Å². The number of nitrogens with zero attached hydrogens (tertiary/aromatic N) is 1. The van der Waals surface area contributed by atoms with Crippen molar-refractivity contribution in [2.75, 3.05) is 6.61 Å². The monoisotopic (exact) mass is 308 g/mol. The fourth-order valence-corrected chi connectivity index (χ4v) is 2.08. The third-order valence-corrected chi connectivity index (χ3v) is 2.79. The van der Waals surface area contributed by atoms with Gasteiger partial charge in [0.05, 0.1) is 11.5 Å². The molecule has 0 aliphatic carbocycles. The first-order valence-electron chi connectivity index (χ1n) is 4.46. The van der Waals surface area contributed by atoms with Crippen molar-refractivity contribution in [2.24, 2.45) is 5.73 Å². The Hall–Kier alpha value is -0.850. The summed E-state index contributed by atoms with van der Waals surface area (Å²) in [5.41, 5.74) is 6.52. The third kappa shape index (κ3) is 2.28. The van der Waals surface area contributed by atoms with E-state index in [-0.39, 0.29) is 24.1 Å². The second kappa shape index (κ2) is 4.99. The van der Waals surface area contributed by atoms with Crippen molar-refractivity contribution in [1.29, 1.82) is 0 Å². The van der Waals surface area contributed by atoms with Gasteiger partial charge in [-0.3, -0.25) is 10.1 Å². The molecule has 1 heterocycles. The number of rotatable bonds is 1. The summed E-state index contributed by atoms with van der Waals surface area (Å²) in [6, 6.07) is 3.01. The first-order valence-corrected chi connectivity index (χ1v) is 5.25. The van der Waals surface area contributed by atoms with Gasteiger partial charge >= 0.3 is 5.69 Å². The van der Waals surface area contributed by atoms with Crippen LogP contribution in [0.4, 0.5) is 5.69 Å². The van der Waals surface area contributed by atoms with Crippen molar-refractivity contribution in [2.45, 2.75) is 12.5 Å². The molecule has 0 spiro atoms. The maximum Gasteiger partial charge on any atom is 0.312 e. The number of nitro groups is 1. The molecule has 7 heteroatoms. The second-order valence-corrected chi connectivity index (χ2v) is 4.26. The topological polar surface area (TPSA) is 78.4 Å². The molecule has 0 radical (unpaired) electrons. The van der Waals surface area contributed by atoms with Gasteiger partial charge < -0.3 is 10.5 Å². The van der Waals surface area contributed by atoms with Crippen LogP contribution in [0.1, 0.15) is 18.0 Å². The lowest BCUT2D eigenvalue weighted by Crippen LogP contribution is -2.21. The van der Waals surface area contributed by atoms with Gasteiger partial charge in [-0.05, 0) is 6.07 Å². The molecule has 1 aromatic carbocycles. The molecule has 1 aliphatic heterocycles. The van der Waals surface area contributed by atoms with Crippen LogP contribution in [0, 0.1) is 10.1 Å². The van der Waals surface area contributed by atoms with Crippen LogP contribution in [0.5, 0.6) is 5.75 Å². The van der Waals surface area contributed by atoms with E-state index in [1.807, 2.05) is 0 Å². The number of fused-ring (bicyclic) bond motifs is 1. The number of halogens is 2. The van der Waals surface area contributed by atoms with Gasteiger partial charge in [-0.25, -0.2) is 0 Å². The van der Waals surface area contributed by atoms with Crippen LogP contribution in [0.2, 0.25) is 0 Å². The molecule has 2 rings (SSSR count). The number of nitro benzene ring substituents is 1. The lowest BCUT2D eigenvalue weighted by Gasteiger charge is -2.22. The van der Waals surface area contributed by atoms with Crippen molar-refractivity contribution in [1.82, 2.24) is 0 Å². The Morgan fingerprint density at radius 2 is 2.25 bits per heavy atom. The summed E-state index contributed by atoms with van der Waals surface area (Å²) in [6.45, 7) is 0.427. The van der Waals surface area contributed by atoms with Gasteiger partial charge in [0.15, 0.2) is 0 Å². The minimum Gasteiger partial charge on any atom is -0.487 e. The predicted molar refractivity (Wildman–Crippen MR) is 65.1 cm³/mol. The minimum atomic E-state index is -0.457. The van der Waals surface area contributed by atoms with E-state index in [9.17, 15) is 10.1 Å². The van der Waals surface area contributed by atoms with Crippen LogP contribution in [0.15, 0.2) is 16.6 Å². The lowest BCUT2D eigenvalue weighted by atomic mass is 10.0. The summed E-state index contributed by atoms with van der Waals surface area (Å²) in [5, 5.41) is 10.8. The molecule has 1 atom stereocenters. The van der Waals surface area contributed by atoms with Gasteiger partial charge in [-0.15, -0.1) is 12.4 Å². The minimum absolute atomic E-state index is 0. The molecule has 0 saturated heterocycles. The van der Waals surface area contributed by atoms with Crippen LogP contribution in [-0.4, -0.2) is 11.5 Å². The van der Waals surface area contributed by atoms with Crippen molar-refractivity contribution >= 4 is 34.0 Å². The van der Waals surface area contributed by atoms with E-state index >= 15 is 0 Å². The van der Waals surface area contributed by atoms with Crippen molar-refractivity contribution in [3.05, 3.63) is 32.3 Å². The third-order valence-electron chi connectivity index (χ3n) is 2.33. The average molecular weight is 310 g/mol. The van der Waals surface area contributed by atoms with Gasteiger partial charge in [0, 0.05) is 28.6 Å². The maximum atomic E-state index is 10.8. The summed E-state index contributed by atoms with van der Waals surface area (Å²) in [6.07, 6.45) is 0.681. The van der Waals surface area contributed by atoms with Gasteiger partial charge in [0.25, 0.3) is 0 Å². The molecule has 88 valence electrons. The van der Waals surface area contributed by atoms with Gasteiger partial charge in [-0.1, -0.05) is 15.9 Å². The Bertz CT molecular complexity index is 427. The van der Waals surface area contributed by atoms with E-state index in [0.717, 1.165) is 0 Å². The summed E-state index contributed by atoms with van der Waals surface area (Å²) in [4.78, 5) is 10.3. The predicted octanol–water partition coefficient (Wildman–Crippen LogP) is 2.56. The Morgan fingerprint density at radius 1 is 1.56 bits per heavy atom. The van der Waals surface area contributed by atoms with Crippen LogP contribution < -0.4 is 10.5 Å². The molecular formula is C9H10BrClN2O3. The SMILES string of the molecule is Cl.N[C@H]1CCOc2c1cc(Br)cc2[N+](=O)[O-]. The van der Waals surface area contributed by atoms with Gasteiger partial charge in [0.1, 0.15) is 0 Å². The number of benzene rings is 1. The fourth-order valence-electron chi connectivity index (χ4n) is 1.61. The maximum absolute atomic E-state index is 10.8. The summed E-state index contributed by atoms with van der Waals surface area (Å²) in [5.74, 6) is 0.307. The van der Waals surface area contributed by atoms with E-state index in [1.54, 1.807) is 6.07 Å². The summed E-state index contributed by atoms with van der Waals surface area (Å²) >= 11 is 3.22. The number of hydrogen-bond acceptors (Lipinski definition) is 4. The van der Waals surface area contributed by atoms with Gasteiger partial charge in [-0.2, -0.15) is 0 Å². The standard InChI is InChI=1S/C9H9BrN2O3.ClH/c10-5-3-6-7(11)1-2-15-9(6)8(4-5)12(13)14;/h3-4,7H,1-2,11H2;1H/t7-;/m0./s1. The molecule has 1 aliphatic rings. The highest BCUT2D eigenvalue weighted by molar-refractivity contribution is 9.10. The average Bonchev–Trinajstić information content (AvgIpc) is 2.18. The smallest absolute Gasteiger partial charge is 0.312 e. The Morgan fingerprint density at radius 3 is 2.88 bits per heavy atom. The van der Waals surface area contributed by atoms with E-state index < -0.39 is 4.92 Å². The molecular weight excluding hydrogens is 299 g/mol. The zero-order chi connectivity index (χ0) is 11.0. The zero-order valence-electron chi connectivity index (χ0n) is 8.18. The fraction of sp³-hybridized carbons (Fsp3) is 0.333. The Balaban J connectivity index is 0.00000128. The van der Waals surface area contributed by atoms with E-state index in [0.29, 0.717) is 28.8 Å². The molecule has 2 N–H and O–H groups in total. The number of hydrogen-bond donors (Lipinski definition) is 1. The highest BCUT2D eigenvalue weighted by Crippen LogP contribution is 2.40. The molecule has 0 bridgehead atoms. The second-order valence-electron chi connectivity index (χ2n) is 3.34. The first-order chi connectivity index (χ1) is 7.09. The molecule has 5 nitrogen and oxygen atoms in total. The first kappa shape index (κ1) is 13.2. The van der Waals surface area contributed by atoms with E-state index in [4.69, 9.17) is 10.5 Å². The quantitative estimate of drug-likeness (QED) is 0.639. The van der Waals surface area contributed by atoms with E-state index in [1.165, 1.54) is 6.07 Å². The van der Waals surface area contributed by atoms with Crippen LogP contribution >= 0.6 is 28.3 Å². The van der Waals surface area contributed by atoms with Crippen LogP contribution in [0.3, 0.4) is 0 Å². The van der Waals surface area contributed by atoms with Crippen LogP contribution in [0.25, 0.3) is 0 Å². The Kier molecular flexibility index (Phi) is 4.12. The molecule has 16 heavy (non-hydrogen) atoms. The summed E-state index contributed by atoms with van der Waals surface area (Å²) in [7, 11) is 0. The zero-order valence-corrected chi connectivity index (χ0v) is 10.6.